The second-order valence-corrected chi connectivity index (χ2v) is 5.22. The molecule has 0 aromatic heterocycles. The molecule has 0 spiro atoms. The van der Waals surface area contributed by atoms with Crippen molar-refractivity contribution in [3.63, 3.8) is 0 Å². The van der Waals surface area contributed by atoms with Crippen LogP contribution in [0.15, 0.2) is 36.4 Å². The van der Waals surface area contributed by atoms with Gasteiger partial charge in [0.25, 0.3) is 0 Å². The van der Waals surface area contributed by atoms with E-state index in [4.69, 9.17) is 18.9 Å². The first-order valence-corrected chi connectivity index (χ1v) is 7.49. The lowest BCUT2D eigenvalue weighted by Gasteiger charge is -2.17. The first-order chi connectivity index (χ1) is 11.7. The van der Waals surface area contributed by atoms with E-state index in [0.29, 0.717) is 25.1 Å². The number of carbonyl (C=O) groups excluding carboxylic acids is 1. The zero-order valence-corrected chi connectivity index (χ0v) is 13.2. The minimum Gasteiger partial charge on any atom is -0.497 e. The maximum absolute atomic E-state index is 14.5. The smallest absolute Gasteiger partial charge is 0.187 e. The Hall–Kier alpha value is -2.44. The predicted octanol–water partition coefficient (Wildman–Crippen LogP) is 3.27. The van der Waals surface area contributed by atoms with E-state index in [2.05, 4.69) is 0 Å². The highest BCUT2D eigenvalue weighted by atomic mass is 19.1. The number of carbonyl (C=O) groups is 1. The average molecular weight is 332 g/mol. The Morgan fingerprint density at radius 1 is 1.17 bits per heavy atom. The van der Waals surface area contributed by atoms with Crippen LogP contribution in [0.1, 0.15) is 27.8 Å². The predicted molar refractivity (Wildman–Crippen MR) is 83.8 cm³/mol. The van der Waals surface area contributed by atoms with Crippen LogP contribution in [0.25, 0.3) is 0 Å². The lowest BCUT2D eigenvalue weighted by Crippen LogP contribution is -2.07. The monoisotopic (exact) mass is 332 g/mol. The van der Waals surface area contributed by atoms with Crippen LogP contribution in [0.5, 0.6) is 11.5 Å². The van der Waals surface area contributed by atoms with Crippen LogP contribution >= 0.6 is 0 Å². The average Bonchev–Trinajstić information content (AvgIpc) is 3.15. The minimum atomic E-state index is -0.713. The zero-order chi connectivity index (χ0) is 16.9. The lowest BCUT2D eigenvalue weighted by atomic mass is 10.1. The molecule has 0 amide bonds. The molecule has 1 fully saturated rings. The van der Waals surface area contributed by atoms with Crippen LogP contribution in [-0.2, 0) is 16.1 Å². The summed E-state index contributed by atoms with van der Waals surface area (Å²) in [6.45, 7) is 1.00. The molecule has 1 aliphatic heterocycles. The van der Waals surface area contributed by atoms with Crippen LogP contribution < -0.4 is 9.47 Å². The third-order valence-electron chi connectivity index (χ3n) is 3.70. The van der Waals surface area contributed by atoms with Gasteiger partial charge in [-0.3, -0.25) is 4.79 Å². The van der Waals surface area contributed by atoms with Gasteiger partial charge >= 0.3 is 0 Å². The van der Waals surface area contributed by atoms with Crippen molar-refractivity contribution in [1.29, 1.82) is 0 Å². The van der Waals surface area contributed by atoms with Gasteiger partial charge in [0.1, 0.15) is 12.4 Å². The maximum Gasteiger partial charge on any atom is 0.187 e. The highest BCUT2D eigenvalue weighted by molar-refractivity contribution is 5.76. The van der Waals surface area contributed by atoms with Gasteiger partial charge in [0, 0.05) is 0 Å². The molecular weight excluding hydrogens is 315 g/mol. The van der Waals surface area contributed by atoms with Gasteiger partial charge in [-0.2, -0.15) is 0 Å². The summed E-state index contributed by atoms with van der Waals surface area (Å²) in [7, 11) is 1.58. The molecule has 2 aromatic carbocycles. The molecule has 0 saturated carbocycles. The fourth-order valence-electron chi connectivity index (χ4n) is 2.42. The van der Waals surface area contributed by atoms with Gasteiger partial charge in [-0.1, -0.05) is 12.1 Å². The van der Waals surface area contributed by atoms with Crippen molar-refractivity contribution in [1.82, 2.24) is 0 Å². The lowest BCUT2D eigenvalue weighted by molar-refractivity contribution is -0.0462. The van der Waals surface area contributed by atoms with Crippen molar-refractivity contribution >= 4 is 6.29 Å². The summed E-state index contributed by atoms with van der Waals surface area (Å²) in [4.78, 5) is 11.0. The Bertz CT molecular complexity index is 708. The summed E-state index contributed by atoms with van der Waals surface area (Å²) in [6.07, 6.45) is -0.235. The molecule has 6 heteroatoms. The van der Waals surface area contributed by atoms with Crippen molar-refractivity contribution in [2.75, 3.05) is 20.3 Å². The van der Waals surface area contributed by atoms with Crippen molar-refractivity contribution in [2.24, 2.45) is 0 Å². The van der Waals surface area contributed by atoms with Crippen molar-refractivity contribution in [3.8, 4) is 11.5 Å². The van der Waals surface area contributed by atoms with Gasteiger partial charge in [0.2, 0.25) is 0 Å². The summed E-state index contributed by atoms with van der Waals surface area (Å²) >= 11 is 0. The number of ether oxygens (including phenoxy) is 4. The molecule has 0 aliphatic carbocycles. The number of benzene rings is 2. The summed E-state index contributed by atoms with van der Waals surface area (Å²) in [5.41, 5.74) is 1.21. The highest BCUT2D eigenvalue weighted by Gasteiger charge is 2.26. The van der Waals surface area contributed by atoms with E-state index in [1.807, 2.05) is 12.1 Å². The van der Waals surface area contributed by atoms with Crippen molar-refractivity contribution in [2.45, 2.75) is 12.9 Å². The SMILES string of the molecule is COc1ccc(COc2c(C3OCCO3)ccc(C=O)c2F)cc1. The van der Waals surface area contributed by atoms with Gasteiger partial charge < -0.3 is 18.9 Å². The number of hydrogen-bond donors (Lipinski definition) is 0. The third kappa shape index (κ3) is 3.39. The van der Waals surface area contributed by atoms with E-state index in [1.165, 1.54) is 6.07 Å². The van der Waals surface area contributed by atoms with E-state index in [-0.39, 0.29) is 17.9 Å². The number of rotatable bonds is 6. The molecule has 0 atom stereocenters. The van der Waals surface area contributed by atoms with E-state index in [9.17, 15) is 9.18 Å². The van der Waals surface area contributed by atoms with E-state index in [1.54, 1.807) is 25.3 Å². The second-order valence-electron chi connectivity index (χ2n) is 5.22. The van der Waals surface area contributed by atoms with Crippen LogP contribution in [0.2, 0.25) is 0 Å². The maximum atomic E-state index is 14.5. The van der Waals surface area contributed by atoms with Gasteiger partial charge in [-0.25, -0.2) is 4.39 Å². The van der Waals surface area contributed by atoms with Gasteiger partial charge in [0.15, 0.2) is 24.1 Å². The fourth-order valence-corrected chi connectivity index (χ4v) is 2.42. The largest absolute Gasteiger partial charge is 0.497 e. The molecular formula is C18H17FO5. The fraction of sp³-hybridized carbons (Fsp3) is 0.278. The summed E-state index contributed by atoms with van der Waals surface area (Å²) in [5.74, 6) is -0.0150. The highest BCUT2D eigenvalue weighted by Crippen LogP contribution is 2.35. The van der Waals surface area contributed by atoms with Gasteiger partial charge in [-0.15, -0.1) is 0 Å². The number of aldehydes is 1. The molecule has 2 aromatic rings. The molecule has 1 saturated heterocycles. The van der Waals surface area contributed by atoms with Gasteiger partial charge in [-0.05, 0) is 29.8 Å². The third-order valence-corrected chi connectivity index (χ3v) is 3.70. The quantitative estimate of drug-likeness (QED) is 0.760. The summed E-state index contributed by atoms with van der Waals surface area (Å²) in [6, 6.07) is 10.2. The molecule has 0 bridgehead atoms. The Morgan fingerprint density at radius 2 is 1.88 bits per heavy atom. The van der Waals surface area contributed by atoms with E-state index >= 15 is 0 Å². The molecule has 3 rings (SSSR count). The van der Waals surface area contributed by atoms with E-state index < -0.39 is 12.1 Å². The second kappa shape index (κ2) is 7.42. The zero-order valence-electron chi connectivity index (χ0n) is 13.2. The van der Waals surface area contributed by atoms with E-state index in [0.717, 1.165) is 11.3 Å². The van der Waals surface area contributed by atoms with Crippen LogP contribution in [0.4, 0.5) is 4.39 Å². The van der Waals surface area contributed by atoms with Crippen LogP contribution in [0, 0.1) is 5.82 Å². The molecule has 24 heavy (non-hydrogen) atoms. The first kappa shape index (κ1) is 16.4. The molecule has 0 unspecified atom stereocenters. The molecule has 1 heterocycles. The Kier molecular flexibility index (Phi) is 5.08. The Labute approximate surface area is 138 Å². The standard InChI is InChI=1S/C18H17FO5/c1-21-14-5-2-12(3-6-14)11-24-17-15(18-22-8-9-23-18)7-4-13(10-20)16(17)19/h2-7,10,18H,8-9,11H2,1H3. The Balaban J connectivity index is 1.85. The first-order valence-electron chi connectivity index (χ1n) is 7.49. The van der Waals surface area contributed by atoms with Crippen LogP contribution in [0.3, 0.4) is 0 Å². The normalized spacial score (nSPS) is 14.6. The molecule has 0 radical (unpaired) electrons. The van der Waals surface area contributed by atoms with Gasteiger partial charge in [0.05, 0.1) is 31.5 Å². The molecule has 5 nitrogen and oxygen atoms in total. The Morgan fingerprint density at radius 3 is 2.50 bits per heavy atom. The summed E-state index contributed by atoms with van der Waals surface area (Å²) < 4.78 is 36.1. The van der Waals surface area contributed by atoms with Crippen molar-refractivity contribution in [3.05, 3.63) is 58.9 Å². The summed E-state index contributed by atoms with van der Waals surface area (Å²) in [5, 5.41) is 0. The van der Waals surface area contributed by atoms with Crippen LogP contribution in [-0.4, -0.2) is 26.6 Å². The van der Waals surface area contributed by atoms with Crippen molar-refractivity contribution < 1.29 is 28.1 Å². The number of methoxy groups -OCH3 is 1. The number of hydrogen-bond acceptors (Lipinski definition) is 5. The topological polar surface area (TPSA) is 54.0 Å². The molecule has 126 valence electrons. The minimum absolute atomic E-state index is 0.0256. The molecule has 0 N–H and O–H groups in total. The molecule has 1 aliphatic rings. The number of halogens is 1.